The molecule has 1 atom stereocenters. The average molecular weight is 412 g/mol. The molecule has 1 aliphatic heterocycles. The zero-order valence-corrected chi connectivity index (χ0v) is 16.3. The highest BCUT2D eigenvalue weighted by Crippen LogP contribution is 2.42. The van der Waals surface area contributed by atoms with E-state index in [9.17, 15) is 18.4 Å². The number of carbonyl (C=O) groups is 2. The van der Waals surface area contributed by atoms with Crippen molar-refractivity contribution >= 4 is 48.6 Å². The topological polar surface area (TPSA) is 87.5 Å². The van der Waals surface area contributed by atoms with Crippen LogP contribution < -0.4 is 16.4 Å². The quantitative estimate of drug-likeness (QED) is 0.519. The van der Waals surface area contributed by atoms with Gasteiger partial charge in [-0.3, -0.25) is 9.59 Å². The van der Waals surface area contributed by atoms with Gasteiger partial charge >= 0.3 is 5.66 Å². The van der Waals surface area contributed by atoms with Gasteiger partial charge in [-0.05, 0) is 12.1 Å². The molecule has 1 aromatic carbocycles. The van der Waals surface area contributed by atoms with E-state index in [-0.39, 0.29) is 27.0 Å². The molecule has 10 heteroatoms. The van der Waals surface area contributed by atoms with Crippen LogP contribution >= 0.6 is 20.6 Å². The number of nitrogens with one attached hydrogen (secondary N) is 2. The number of halogens is 2. The summed E-state index contributed by atoms with van der Waals surface area (Å²) in [6, 6.07) is 8.94. The Bertz CT molecular complexity index is 849. The van der Waals surface area contributed by atoms with Crippen LogP contribution in [0, 0.1) is 0 Å². The molecule has 0 aliphatic carbocycles. The average Bonchev–Trinajstić information content (AvgIpc) is 2.97. The lowest BCUT2D eigenvalue weighted by atomic mass is 10.1. The summed E-state index contributed by atoms with van der Waals surface area (Å²) in [7, 11) is 1.21. The van der Waals surface area contributed by atoms with Crippen LogP contribution in [0.1, 0.15) is 20.0 Å². The second-order valence-corrected chi connectivity index (χ2v) is 7.78. The molecule has 144 valence electrons. The third kappa shape index (κ3) is 4.26. The molecule has 1 unspecified atom stereocenters. The van der Waals surface area contributed by atoms with E-state index < -0.39 is 11.4 Å². The maximum Gasteiger partial charge on any atom is 0.321 e. The summed E-state index contributed by atoms with van der Waals surface area (Å²) in [6.07, 6.45) is 0. The second-order valence-electron chi connectivity index (χ2n) is 6.03. The minimum Gasteiger partial charge on any atom is -0.397 e. The van der Waals surface area contributed by atoms with E-state index in [1.807, 2.05) is 6.07 Å². The number of Topliss-reactive ketones (excluding diaryl/α,β-unsaturated/α-hetero) is 1. The molecule has 3 rings (SSSR count). The van der Waals surface area contributed by atoms with Crippen molar-refractivity contribution in [2.45, 2.75) is 5.66 Å². The molecule has 0 spiro atoms. The Morgan fingerprint density at radius 3 is 2.44 bits per heavy atom. The number of nitrogens with two attached hydrogens (primary N) is 1. The van der Waals surface area contributed by atoms with Crippen molar-refractivity contribution in [2.75, 3.05) is 37.2 Å². The maximum absolute atomic E-state index is 13.5. The zero-order chi connectivity index (χ0) is 19.6. The van der Waals surface area contributed by atoms with E-state index in [0.29, 0.717) is 31.9 Å². The highest BCUT2D eigenvalue weighted by atomic mass is 32.1. The largest absolute Gasteiger partial charge is 0.397 e. The van der Waals surface area contributed by atoms with Gasteiger partial charge in [-0.25, -0.2) is 0 Å². The number of rotatable bonds is 5. The highest BCUT2D eigenvalue weighted by Gasteiger charge is 2.39. The van der Waals surface area contributed by atoms with Gasteiger partial charge in [-0.15, -0.1) is 11.3 Å². The number of piperazine rings is 1. The molecule has 1 aromatic heterocycles. The van der Waals surface area contributed by atoms with Crippen LogP contribution in [0.15, 0.2) is 30.3 Å². The van der Waals surface area contributed by atoms with E-state index in [1.165, 1.54) is 9.24 Å². The van der Waals surface area contributed by atoms with Crippen LogP contribution in [0.3, 0.4) is 0 Å². The Labute approximate surface area is 161 Å². The summed E-state index contributed by atoms with van der Waals surface area (Å²) in [4.78, 5) is 26.4. The minimum absolute atomic E-state index is 0.0587. The number of nitrogen functional groups attached to an aromatic ring is 1. The van der Waals surface area contributed by atoms with Crippen molar-refractivity contribution in [1.29, 1.82) is 0 Å². The number of alkyl halides is 2. The number of hydrogen-bond acceptors (Lipinski definition) is 6. The highest BCUT2D eigenvalue weighted by molar-refractivity contribution is 7.23. The predicted octanol–water partition coefficient (Wildman–Crippen LogP) is 2.77. The first-order chi connectivity index (χ1) is 12.8. The fourth-order valence-corrected chi connectivity index (χ4v) is 4.10. The molecule has 2 aromatic rings. The third-order valence-electron chi connectivity index (χ3n) is 4.10. The van der Waals surface area contributed by atoms with E-state index in [1.54, 1.807) is 29.2 Å². The summed E-state index contributed by atoms with van der Waals surface area (Å²) in [5, 5.41) is 6.45. The monoisotopic (exact) mass is 412 g/mol. The molecular weight excluding hydrogens is 393 g/mol. The molecule has 1 fully saturated rings. The molecule has 0 saturated carbocycles. The Kier molecular flexibility index (Phi) is 5.74. The van der Waals surface area contributed by atoms with E-state index in [4.69, 9.17) is 5.73 Å². The van der Waals surface area contributed by atoms with Crippen molar-refractivity contribution in [2.24, 2.45) is 0 Å². The lowest BCUT2D eigenvalue weighted by Gasteiger charge is -2.27. The van der Waals surface area contributed by atoms with Gasteiger partial charge < -0.3 is 21.3 Å². The molecule has 1 saturated heterocycles. The number of para-hydroxylation sites is 1. The molecule has 4 N–H and O–H groups in total. The van der Waals surface area contributed by atoms with Crippen molar-refractivity contribution in [3.8, 4) is 0 Å². The van der Waals surface area contributed by atoms with E-state index >= 15 is 0 Å². The van der Waals surface area contributed by atoms with E-state index in [2.05, 4.69) is 10.6 Å². The van der Waals surface area contributed by atoms with Gasteiger partial charge in [0, 0.05) is 31.9 Å². The van der Waals surface area contributed by atoms with Crippen LogP contribution in [0.2, 0.25) is 0 Å². The number of benzene rings is 1. The molecule has 1 amide bonds. The normalized spacial score (nSPS) is 14.9. The fraction of sp³-hybridized carbons (Fsp3) is 0.294. The molecule has 2 heterocycles. The van der Waals surface area contributed by atoms with Crippen molar-refractivity contribution in [1.82, 2.24) is 10.2 Å². The van der Waals surface area contributed by atoms with Crippen LogP contribution in [0.25, 0.3) is 0 Å². The number of hydrogen-bond donors (Lipinski definition) is 3. The SMILES string of the molecule is Nc1c(C(=O)C(F)(F)P)sc(Nc2ccccc2)c1C(=O)N1CCNCC1. The third-order valence-corrected chi connectivity index (χ3v) is 5.49. The minimum atomic E-state index is -3.65. The molecular formula is C17H19F2N4O2PS. The maximum atomic E-state index is 13.5. The second kappa shape index (κ2) is 7.88. The summed E-state index contributed by atoms with van der Waals surface area (Å²) < 4.78 is 27.1. The first-order valence-corrected chi connectivity index (χ1v) is 9.64. The van der Waals surface area contributed by atoms with Crippen molar-refractivity contribution in [3.05, 3.63) is 40.8 Å². The summed E-state index contributed by atoms with van der Waals surface area (Å²) in [5.74, 6) is -1.81. The molecule has 6 nitrogen and oxygen atoms in total. The molecule has 1 aliphatic rings. The lowest BCUT2D eigenvalue weighted by molar-refractivity contribution is 0.0568. The van der Waals surface area contributed by atoms with Crippen molar-refractivity contribution < 1.29 is 18.4 Å². The lowest BCUT2D eigenvalue weighted by Crippen LogP contribution is -2.46. The van der Waals surface area contributed by atoms with Gasteiger partial charge in [0.2, 0.25) is 5.78 Å². The summed E-state index contributed by atoms with van der Waals surface area (Å²) in [5.41, 5.74) is 2.85. The molecule has 27 heavy (non-hydrogen) atoms. The summed E-state index contributed by atoms with van der Waals surface area (Å²) in [6.45, 7) is 2.21. The van der Waals surface area contributed by atoms with Crippen LogP contribution in [0.5, 0.6) is 0 Å². The first-order valence-electron chi connectivity index (χ1n) is 8.25. The predicted molar refractivity (Wildman–Crippen MR) is 106 cm³/mol. The van der Waals surface area contributed by atoms with E-state index in [0.717, 1.165) is 11.3 Å². The fourth-order valence-electron chi connectivity index (χ4n) is 2.74. The number of amides is 1. The van der Waals surface area contributed by atoms with Gasteiger partial charge in [0.1, 0.15) is 9.88 Å². The van der Waals surface area contributed by atoms with Gasteiger partial charge in [0.05, 0.1) is 11.3 Å². The number of ketones is 1. The number of thiophene rings is 1. The van der Waals surface area contributed by atoms with Crippen molar-refractivity contribution in [3.63, 3.8) is 0 Å². The number of nitrogens with zero attached hydrogens (tertiary/aromatic N) is 1. The Morgan fingerprint density at radius 2 is 1.85 bits per heavy atom. The van der Waals surface area contributed by atoms with Crippen LogP contribution in [0.4, 0.5) is 25.2 Å². The standard InChI is InChI=1S/C17H19F2N4O2PS/c18-17(19,26)14(24)13-12(20)11(16(25)23-8-6-21-7-9-23)15(27-13)22-10-4-2-1-3-5-10/h1-5,21-22H,6-9,20,26H2. The van der Waals surface area contributed by atoms with Gasteiger partial charge in [-0.1, -0.05) is 27.4 Å². The summed E-state index contributed by atoms with van der Waals surface area (Å²) >= 11 is 0.766. The van der Waals surface area contributed by atoms with Crippen LogP contribution in [-0.2, 0) is 0 Å². The van der Waals surface area contributed by atoms with Crippen LogP contribution in [-0.4, -0.2) is 48.4 Å². The van der Waals surface area contributed by atoms with Gasteiger partial charge in [-0.2, -0.15) is 8.78 Å². The Morgan fingerprint density at radius 1 is 1.22 bits per heavy atom. The molecule has 0 bridgehead atoms. The first kappa shape index (κ1) is 19.7. The zero-order valence-electron chi connectivity index (χ0n) is 14.3. The molecule has 0 radical (unpaired) electrons. The van der Waals surface area contributed by atoms with Gasteiger partial charge in [0.15, 0.2) is 0 Å². The number of anilines is 3. The number of carbonyl (C=O) groups excluding carboxylic acids is 2. The smallest absolute Gasteiger partial charge is 0.321 e. The Balaban J connectivity index is 2.03. The van der Waals surface area contributed by atoms with Gasteiger partial charge in [0.25, 0.3) is 5.91 Å². The Hall–Kier alpha value is -2.09.